The molecule has 3 nitrogen and oxygen atoms in total. The standard InChI is InChI=1S/C22H26BrNO2/c1-25-19-9-7-17(8-10-19)22-16-18-15-20(26-2)11-12-21(18)24(22)14-6-4-3-5-13-23/h7-12,15-16H,3-6,13-14H2,1-2H3. The van der Waals surface area contributed by atoms with Gasteiger partial charge in [0.05, 0.1) is 14.2 Å². The van der Waals surface area contributed by atoms with E-state index in [9.17, 15) is 0 Å². The minimum Gasteiger partial charge on any atom is -0.497 e. The van der Waals surface area contributed by atoms with E-state index in [-0.39, 0.29) is 0 Å². The first-order valence-electron chi connectivity index (χ1n) is 9.14. The Morgan fingerprint density at radius 3 is 2.19 bits per heavy atom. The first-order chi connectivity index (χ1) is 12.8. The van der Waals surface area contributed by atoms with Gasteiger partial charge in [-0.2, -0.15) is 0 Å². The van der Waals surface area contributed by atoms with Crippen molar-refractivity contribution in [3.8, 4) is 22.8 Å². The Balaban J connectivity index is 1.94. The lowest BCUT2D eigenvalue weighted by Gasteiger charge is -2.12. The third-order valence-electron chi connectivity index (χ3n) is 4.76. The summed E-state index contributed by atoms with van der Waals surface area (Å²) < 4.78 is 13.1. The first kappa shape index (κ1) is 18.8. The number of hydrogen-bond acceptors (Lipinski definition) is 2. The average molecular weight is 416 g/mol. The van der Waals surface area contributed by atoms with Gasteiger partial charge < -0.3 is 14.0 Å². The minimum atomic E-state index is 0.882. The predicted octanol–water partition coefficient (Wildman–Crippen LogP) is 6.28. The Bertz CT molecular complexity index is 839. The van der Waals surface area contributed by atoms with Crippen LogP contribution in [0, 0.1) is 0 Å². The Kier molecular flexibility index (Phi) is 6.62. The Hall–Kier alpha value is -1.94. The third-order valence-corrected chi connectivity index (χ3v) is 5.32. The number of fused-ring (bicyclic) bond motifs is 1. The minimum absolute atomic E-state index is 0.882. The van der Waals surface area contributed by atoms with Crippen LogP contribution in [0.25, 0.3) is 22.2 Å². The maximum absolute atomic E-state index is 5.40. The smallest absolute Gasteiger partial charge is 0.119 e. The van der Waals surface area contributed by atoms with Crippen molar-refractivity contribution in [3.05, 3.63) is 48.5 Å². The number of aryl methyl sites for hydroxylation is 1. The second kappa shape index (κ2) is 9.13. The molecule has 0 bridgehead atoms. The van der Waals surface area contributed by atoms with E-state index in [1.54, 1.807) is 14.2 Å². The molecule has 4 heteroatoms. The van der Waals surface area contributed by atoms with Gasteiger partial charge in [0.2, 0.25) is 0 Å². The number of aromatic nitrogens is 1. The molecule has 0 unspecified atom stereocenters. The maximum Gasteiger partial charge on any atom is 0.119 e. The van der Waals surface area contributed by atoms with E-state index in [0.717, 1.165) is 23.4 Å². The fourth-order valence-electron chi connectivity index (χ4n) is 3.34. The number of benzene rings is 2. The maximum atomic E-state index is 5.40. The molecule has 3 aromatic rings. The van der Waals surface area contributed by atoms with Crippen molar-refractivity contribution >= 4 is 26.8 Å². The summed E-state index contributed by atoms with van der Waals surface area (Å²) in [6.45, 7) is 1.03. The van der Waals surface area contributed by atoms with Crippen molar-refractivity contribution in [2.45, 2.75) is 32.2 Å². The molecular weight excluding hydrogens is 390 g/mol. The molecule has 26 heavy (non-hydrogen) atoms. The van der Waals surface area contributed by atoms with Gasteiger partial charge in [-0.3, -0.25) is 0 Å². The number of hydrogen-bond donors (Lipinski definition) is 0. The number of nitrogens with zero attached hydrogens (tertiary/aromatic N) is 1. The zero-order valence-electron chi connectivity index (χ0n) is 15.5. The fraction of sp³-hybridized carbons (Fsp3) is 0.364. The van der Waals surface area contributed by atoms with E-state index in [4.69, 9.17) is 9.47 Å². The lowest BCUT2D eigenvalue weighted by atomic mass is 10.1. The lowest BCUT2D eigenvalue weighted by molar-refractivity contribution is 0.415. The summed E-state index contributed by atoms with van der Waals surface area (Å²) in [5, 5.41) is 2.31. The molecule has 138 valence electrons. The molecule has 0 radical (unpaired) electrons. The third kappa shape index (κ3) is 4.24. The molecule has 0 saturated carbocycles. The summed E-state index contributed by atoms with van der Waals surface area (Å²) in [7, 11) is 3.41. The van der Waals surface area contributed by atoms with Crippen LogP contribution in [0.15, 0.2) is 48.5 Å². The number of rotatable bonds is 9. The van der Waals surface area contributed by atoms with Crippen LogP contribution in [0.1, 0.15) is 25.7 Å². The van der Waals surface area contributed by atoms with E-state index in [0.29, 0.717) is 0 Å². The molecule has 2 aromatic carbocycles. The second-order valence-corrected chi connectivity index (χ2v) is 7.23. The SMILES string of the molecule is COc1ccc(-c2cc3cc(OC)ccc3n2CCCCCCBr)cc1. The summed E-state index contributed by atoms with van der Waals surface area (Å²) in [6, 6.07) is 16.9. The number of ether oxygens (including phenoxy) is 2. The van der Waals surface area contributed by atoms with Gasteiger partial charge in [-0.1, -0.05) is 28.8 Å². The van der Waals surface area contributed by atoms with E-state index >= 15 is 0 Å². The van der Waals surface area contributed by atoms with E-state index in [2.05, 4.69) is 50.8 Å². The van der Waals surface area contributed by atoms with Crippen LogP contribution in [-0.4, -0.2) is 24.1 Å². The Labute approximate surface area is 164 Å². The van der Waals surface area contributed by atoms with Gasteiger partial charge in [0.1, 0.15) is 11.5 Å². The normalized spacial score (nSPS) is 11.0. The van der Waals surface area contributed by atoms with Crippen LogP contribution >= 0.6 is 15.9 Å². The molecule has 0 aliphatic heterocycles. The summed E-state index contributed by atoms with van der Waals surface area (Å²) >= 11 is 3.51. The molecule has 0 saturated heterocycles. The topological polar surface area (TPSA) is 23.4 Å². The van der Waals surface area contributed by atoms with Gasteiger partial charge in [0.15, 0.2) is 0 Å². The summed E-state index contributed by atoms with van der Waals surface area (Å²) in [4.78, 5) is 0. The zero-order chi connectivity index (χ0) is 18.4. The van der Waals surface area contributed by atoms with Crippen molar-refractivity contribution in [3.63, 3.8) is 0 Å². The molecule has 1 aromatic heterocycles. The highest BCUT2D eigenvalue weighted by Crippen LogP contribution is 2.32. The molecule has 0 fully saturated rings. The average Bonchev–Trinajstić information content (AvgIpc) is 3.05. The van der Waals surface area contributed by atoms with Crippen molar-refractivity contribution in [2.75, 3.05) is 19.5 Å². The number of unbranched alkanes of at least 4 members (excludes halogenated alkanes) is 3. The molecule has 0 amide bonds. The van der Waals surface area contributed by atoms with E-state index in [1.807, 2.05) is 18.2 Å². The summed E-state index contributed by atoms with van der Waals surface area (Å²) in [5.41, 5.74) is 3.72. The van der Waals surface area contributed by atoms with Gasteiger partial charge in [0, 0.05) is 28.5 Å². The molecular formula is C22H26BrNO2. The van der Waals surface area contributed by atoms with Gasteiger partial charge in [-0.15, -0.1) is 0 Å². The molecule has 3 rings (SSSR count). The van der Waals surface area contributed by atoms with Crippen molar-refractivity contribution < 1.29 is 9.47 Å². The Morgan fingerprint density at radius 2 is 1.50 bits per heavy atom. The van der Waals surface area contributed by atoms with Crippen molar-refractivity contribution in [2.24, 2.45) is 0 Å². The monoisotopic (exact) mass is 415 g/mol. The van der Waals surface area contributed by atoms with Crippen molar-refractivity contribution in [1.82, 2.24) is 4.57 Å². The number of alkyl halides is 1. The van der Waals surface area contributed by atoms with Gasteiger partial charge >= 0.3 is 0 Å². The van der Waals surface area contributed by atoms with Crippen LogP contribution in [0.4, 0.5) is 0 Å². The van der Waals surface area contributed by atoms with Gasteiger partial charge in [0.25, 0.3) is 0 Å². The quantitative estimate of drug-likeness (QED) is 0.303. The van der Waals surface area contributed by atoms with Crippen LogP contribution in [0.5, 0.6) is 11.5 Å². The molecule has 0 atom stereocenters. The van der Waals surface area contributed by atoms with Crippen LogP contribution in [-0.2, 0) is 6.54 Å². The molecule has 0 N–H and O–H groups in total. The van der Waals surface area contributed by atoms with Crippen LogP contribution in [0.3, 0.4) is 0 Å². The highest BCUT2D eigenvalue weighted by molar-refractivity contribution is 9.09. The predicted molar refractivity (Wildman–Crippen MR) is 113 cm³/mol. The zero-order valence-corrected chi connectivity index (χ0v) is 17.1. The van der Waals surface area contributed by atoms with Gasteiger partial charge in [-0.05, 0) is 66.9 Å². The number of halogens is 1. The van der Waals surface area contributed by atoms with E-state index < -0.39 is 0 Å². The Morgan fingerprint density at radius 1 is 0.808 bits per heavy atom. The van der Waals surface area contributed by atoms with E-state index in [1.165, 1.54) is 47.8 Å². The largest absolute Gasteiger partial charge is 0.497 e. The summed E-state index contributed by atoms with van der Waals surface area (Å²) in [6.07, 6.45) is 4.96. The van der Waals surface area contributed by atoms with Crippen molar-refractivity contribution in [1.29, 1.82) is 0 Å². The highest BCUT2D eigenvalue weighted by Gasteiger charge is 2.11. The number of methoxy groups -OCH3 is 2. The molecule has 0 spiro atoms. The summed E-state index contributed by atoms with van der Waals surface area (Å²) in [5.74, 6) is 1.78. The van der Waals surface area contributed by atoms with Crippen LogP contribution in [0.2, 0.25) is 0 Å². The van der Waals surface area contributed by atoms with Gasteiger partial charge in [-0.25, -0.2) is 0 Å². The second-order valence-electron chi connectivity index (χ2n) is 6.44. The molecule has 0 aliphatic rings. The first-order valence-corrected chi connectivity index (χ1v) is 10.3. The fourth-order valence-corrected chi connectivity index (χ4v) is 3.73. The highest BCUT2D eigenvalue weighted by atomic mass is 79.9. The molecule has 1 heterocycles. The molecule has 0 aliphatic carbocycles. The van der Waals surface area contributed by atoms with Crippen LogP contribution < -0.4 is 9.47 Å². The lowest BCUT2D eigenvalue weighted by Crippen LogP contribution is -2.00.